The van der Waals surface area contributed by atoms with Gasteiger partial charge < -0.3 is 14.6 Å². The van der Waals surface area contributed by atoms with Crippen LogP contribution in [0.25, 0.3) is 10.9 Å². The van der Waals surface area contributed by atoms with Gasteiger partial charge in [0.1, 0.15) is 5.60 Å². The molecule has 0 aliphatic heterocycles. The van der Waals surface area contributed by atoms with E-state index < -0.39 is 5.60 Å². The van der Waals surface area contributed by atoms with Gasteiger partial charge in [-0.1, -0.05) is 18.2 Å². The quantitative estimate of drug-likeness (QED) is 0.901. The van der Waals surface area contributed by atoms with E-state index >= 15 is 0 Å². The first-order valence-electron chi connectivity index (χ1n) is 6.36. The van der Waals surface area contributed by atoms with Crippen LogP contribution in [0, 0.1) is 0 Å². The molecule has 4 heteroatoms. The number of aryl methyl sites for hydroxylation is 1. The van der Waals surface area contributed by atoms with E-state index in [1.54, 1.807) is 0 Å². The second-order valence-corrected chi connectivity index (χ2v) is 5.64. The van der Waals surface area contributed by atoms with Crippen LogP contribution in [0.1, 0.15) is 26.3 Å². The van der Waals surface area contributed by atoms with E-state index in [9.17, 15) is 4.79 Å². The maximum atomic E-state index is 11.6. The van der Waals surface area contributed by atoms with E-state index in [2.05, 4.69) is 22.0 Å². The molecule has 102 valence electrons. The van der Waals surface area contributed by atoms with Crippen molar-refractivity contribution in [2.45, 2.75) is 32.9 Å². The highest BCUT2D eigenvalue weighted by atomic mass is 16.6. The first-order valence-corrected chi connectivity index (χ1v) is 6.36. The van der Waals surface area contributed by atoms with Crippen molar-refractivity contribution in [3.8, 4) is 0 Å². The Bertz CT molecular complexity index is 594. The third-order valence-electron chi connectivity index (χ3n) is 2.80. The average Bonchev–Trinajstić information content (AvgIpc) is 2.62. The maximum absolute atomic E-state index is 11.6. The number of nitrogens with one attached hydrogen (secondary N) is 1. The van der Waals surface area contributed by atoms with E-state index in [1.165, 1.54) is 0 Å². The lowest BCUT2D eigenvalue weighted by atomic mass is 10.2. The van der Waals surface area contributed by atoms with Gasteiger partial charge >= 0.3 is 6.09 Å². The highest BCUT2D eigenvalue weighted by Gasteiger charge is 2.16. The zero-order valence-electron chi connectivity index (χ0n) is 11.9. The molecule has 1 heterocycles. The summed E-state index contributed by atoms with van der Waals surface area (Å²) < 4.78 is 7.28. The molecular formula is C15H20N2O2. The standard InChI is InChI=1S/C15H20N2O2/c1-15(2,3)19-14(18)16-9-11-10-17(4)13-8-6-5-7-12(11)13/h5-8,10H,9H2,1-4H3,(H,16,18). The topological polar surface area (TPSA) is 43.3 Å². The molecule has 2 aromatic rings. The predicted octanol–water partition coefficient (Wildman–Crippen LogP) is 3.20. The smallest absolute Gasteiger partial charge is 0.407 e. The third-order valence-corrected chi connectivity index (χ3v) is 2.80. The number of rotatable bonds is 2. The summed E-state index contributed by atoms with van der Waals surface area (Å²) in [6, 6.07) is 8.13. The lowest BCUT2D eigenvalue weighted by molar-refractivity contribution is 0.0524. The van der Waals surface area contributed by atoms with Gasteiger partial charge in [0.2, 0.25) is 0 Å². The van der Waals surface area contributed by atoms with Crippen molar-refractivity contribution in [3.05, 3.63) is 36.0 Å². The van der Waals surface area contributed by atoms with Crippen LogP contribution in [0.5, 0.6) is 0 Å². The molecule has 1 amide bonds. The molecule has 1 aromatic carbocycles. The summed E-state index contributed by atoms with van der Waals surface area (Å²) in [5.41, 5.74) is 1.77. The van der Waals surface area contributed by atoms with E-state index in [1.807, 2.05) is 46.1 Å². The van der Waals surface area contributed by atoms with Crippen LogP contribution in [-0.2, 0) is 18.3 Å². The maximum Gasteiger partial charge on any atom is 0.407 e. The summed E-state index contributed by atoms with van der Waals surface area (Å²) in [4.78, 5) is 11.6. The minimum Gasteiger partial charge on any atom is -0.444 e. The summed E-state index contributed by atoms with van der Waals surface area (Å²) in [7, 11) is 2.00. The zero-order valence-corrected chi connectivity index (χ0v) is 11.9. The first kappa shape index (κ1) is 13.5. The van der Waals surface area contributed by atoms with Crippen molar-refractivity contribution < 1.29 is 9.53 Å². The van der Waals surface area contributed by atoms with Crippen molar-refractivity contribution in [1.29, 1.82) is 0 Å². The van der Waals surface area contributed by atoms with Crippen molar-refractivity contribution in [1.82, 2.24) is 9.88 Å². The third kappa shape index (κ3) is 3.28. The second kappa shape index (κ2) is 4.96. The lowest BCUT2D eigenvalue weighted by Crippen LogP contribution is -2.32. The molecule has 0 saturated heterocycles. The monoisotopic (exact) mass is 260 g/mol. The first-order chi connectivity index (χ1) is 8.87. The zero-order chi connectivity index (χ0) is 14.0. The van der Waals surface area contributed by atoms with Crippen LogP contribution in [0.2, 0.25) is 0 Å². The Labute approximate surface area is 113 Å². The molecule has 0 unspecified atom stereocenters. The fraction of sp³-hybridized carbons (Fsp3) is 0.400. The number of amides is 1. The van der Waals surface area contributed by atoms with Crippen molar-refractivity contribution in [2.24, 2.45) is 7.05 Å². The Kier molecular flexibility index (Phi) is 3.51. The number of hydrogen-bond donors (Lipinski definition) is 1. The number of para-hydroxylation sites is 1. The van der Waals surface area contributed by atoms with Gasteiger partial charge in [-0.25, -0.2) is 4.79 Å². The average molecular weight is 260 g/mol. The summed E-state index contributed by atoms with van der Waals surface area (Å²) in [5.74, 6) is 0. The van der Waals surface area contributed by atoms with Crippen molar-refractivity contribution in [2.75, 3.05) is 0 Å². The molecular weight excluding hydrogens is 240 g/mol. The van der Waals surface area contributed by atoms with Crippen molar-refractivity contribution in [3.63, 3.8) is 0 Å². The van der Waals surface area contributed by atoms with Crippen LogP contribution in [0.4, 0.5) is 4.79 Å². The summed E-state index contributed by atoms with van der Waals surface area (Å²) in [6.45, 7) is 6.02. The van der Waals surface area contributed by atoms with Crippen LogP contribution in [0.3, 0.4) is 0 Å². The normalized spacial score (nSPS) is 11.6. The van der Waals surface area contributed by atoms with Gasteiger partial charge in [-0.2, -0.15) is 0 Å². The van der Waals surface area contributed by atoms with Gasteiger partial charge in [-0.3, -0.25) is 0 Å². The molecule has 0 atom stereocenters. The second-order valence-electron chi connectivity index (χ2n) is 5.64. The van der Waals surface area contributed by atoms with E-state index in [4.69, 9.17) is 4.74 Å². The molecule has 4 nitrogen and oxygen atoms in total. The van der Waals surface area contributed by atoms with Crippen LogP contribution >= 0.6 is 0 Å². The number of alkyl carbamates (subject to hydrolysis) is 1. The Morgan fingerprint density at radius 1 is 1.32 bits per heavy atom. The minimum absolute atomic E-state index is 0.388. The van der Waals surface area contributed by atoms with E-state index in [-0.39, 0.29) is 6.09 Å². The molecule has 0 aliphatic carbocycles. The number of benzene rings is 1. The largest absolute Gasteiger partial charge is 0.444 e. The molecule has 19 heavy (non-hydrogen) atoms. The Morgan fingerprint density at radius 2 is 2.00 bits per heavy atom. The van der Waals surface area contributed by atoms with E-state index in [0.717, 1.165) is 16.5 Å². The van der Waals surface area contributed by atoms with Crippen molar-refractivity contribution >= 4 is 17.0 Å². The molecule has 0 aliphatic rings. The summed E-state index contributed by atoms with van der Waals surface area (Å²) >= 11 is 0. The fourth-order valence-corrected chi connectivity index (χ4v) is 2.05. The van der Waals surface area contributed by atoms with Gasteiger partial charge in [0.05, 0.1) is 0 Å². The number of hydrogen-bond acceptors (Lipinski definition) is 2. The van der Waals surface area contributed by atoms with Crippen LogP contribution in [0.15, 0.2) is 30.5 Å². The van der Waals surface area contributed by atoms with Crippen LogP contribution < -0.4 is 5.32 Å². The molecule has 0 radical (unpaired) electrons. The van der Waals surface area contributed by atoms with Gasteiger partial charge in [-0.05, 0) is 32.4 Å². The minimum atomic E-state index is -0.469. The molecule has 1 N–H and O–H groups in total. The Balaban J connectivity index is 2.08. The lowest BCUT2D eigenvalue weighted by Gasteiger charge is -2.19. The summed E-state index contributed by atoms with van der Waals surface area (Å²) in [6.07, 6.45) is 1.64. The predicted molar refractivity (Wildman–Crippen MR) is 76.0 cm³/mol. The molecule has 1 aromatic heterocycles. The number of carbonyl (C=O) groups is 1. The highest BCUT2D eigenvalue weighted by Crippen LogP contribution is 2.20. The molecule has 0 spiro atoms. The van der Waals surface area contributed by atoms with Crippen LogP contribution in [-0.4, -0.2) is 16.3 Å². The van der Waals surface area contributed by atoms with Gasteiger partial charge in [0.25, 0.3) is 0 Å². The number of ether oxygens (including phenoxy) is 1. The van der Waals surface area contributed by atoms with E-state index in [0.29, 0.717) is 6.54 Å². The number of nitrogens with zero attached hydrogens (tertiary/aromatic N) is 1. The molecule has 0 saturated carbocycles. The SMILES string of the molecule is Cn1cc(CNC(=O)OC(C)(C)C)c2ccccc21. The molecule has 0 fully saturated rings. The molecule has 0 bridgehead atoms. The van der Waals surface area contributed by atoms with Gasteiger partial charge in [0.15, 0.2) is 0 Å². The number of aromatic nitrogens is 1. The van der Waals surface area contributed by atoms with Gasteiger partial charge in [0, 0.05) is 30.7 Å². The summed E-state index contributed by atoms with van der Waals surface area (Å²) in [5, 5.41) is 3.94. The van der Waals surface area contributed by atoms with Gasteiger partial charge in [-0.15, -0.1) is 0 Å². The number of fused-ring (bicyclic) bond motifs is 1. The molecule has 2 rings (SSSR count). The highest BCUT2D eigenvalue weighted by molar-refractivity contribution is 5.84. The number of carbonyl (C=O) groups excluding carboxylic acids is 1. The Morgan fingerprint density at radius 3 is 2.68 bits per heavy atom. The fourth-order valence-electron chi connectivity index (χ4n) is 2.05. The Hall–Kier alpha value is -1.97.